The minimum absolute atomic E-state index is 0.0453. The molecule has 3 N–H and O–H groups in total. The highest BCUT2D eigenvalue weighted by Gasteiger charge is 2.30. The number of aliphatic hydroxyl groups excluding tert-OH is 1. The minimum atomic E-state index is -5.01. The van der Waals surface area contributed by atoms with Gasteiger partial charge in [0, 0.05) is 25.7 Å². The van der Waals surface area contributed by atoms with Crippen molar-refractivity contribution in [3.63, 3.8) is 0 Å². The molecule has 0 saturated heterocycles. The van der Waals surface area contributed by atoms with Gasteiger partial charge < -0.3 is 33.8 Å². The first-order chi connectivity index (χ1) is 53.7. The van der Waals surface area contributed by atoms with Gasteiger partial charge in [0.1, 0.15) is 19.3 Å². The maximum atomic E-state index is 13.1. The van der Waals surface area contributed by atoms with Gasteiger partial charge in [0.05, 0.1) is 26.4 Å². The number of unbranched alkanes of at least 4 members (excludes halogenated alkanes) is 15. The highest BCUT2D eigenvalue weighted by atomic mass is 31.2. The summed E-state index contributed by atoms with van der Waals surface area (Å²) in [4.78, 5) is 73.2. The summed E-state index contributed by atoms with van der Waals surface area (Å²) >= 11 is 0. The Balaban J connectivity index is 5.52. The van der Waals surface area contributed by atoms with Gasteiger partial charge in [0.15, 0.2) is 12.2 Å². The van der Waals surface area contributed by atoms with E-state index in [1.54, 1.807) is 0 Å². The number of allylic oxidation sites excluding steroid dienone is 34. The SMILES string of the molecule is CC/C=C\C/C=C\C/C=C\C/C=C\C/C=C\CCCCCC(=O)OCC(COP(=O)(O)OCC(O)COP(=O)(O)OCC(COC(=O)CCC/C=C\C/C=C\C/C=C\C/C=C\C/C=C\CC)OC(=O)CCCCCC/C=C\C/C=C\C/C=C\C/C=C\CC)OC(=O)CCCCCCCCC/C=C\C/C=C\C/C=C\CC. The number of carbonyl (C=O) groups is 4. The van der Waals surface area contributed by atoms with E-state index in [9.17, 15) is 43.2 Å². The van der Waals surface area contributed by atoms with Gasteiger partial charge in [-0.1, -0.05) is 286 Å². The monoisotopic (exact) mass is 1570 g/mol. The van der Waals surface area contributed by atoms with Crippen LogP contribution in [0.1, 0.15) is 285 Å². The fourth-order valence-corrected chi connectivity index (χ4v) is 11.7. The van der Waals surface area contributed by atoms with Gasteiger partial charge >= 0.3 is 39.5 Å². The molecule has 0 spiro atoms. The summed E-state index contributed by atoms with van der Waals surface area (Å²) in [5, 5.41) is 10.7. The van der Waals surface area contributed by atoms with Crippen molar-refractivity contribution in [1.82, 2.24) is 0 Å². The topological polar surface area (TPSA) is 237 Å². The number of ether oxygens (including phenoxy) is 4. The van der Waals surface area contributed by atoms with Crippen molar-refractivity contribution >= 4 is 39.5 Å². The van der Waals surface area contributed by atoms with Gasteiger partial charge in [-0.15, -0.1) is 0 Å². The molecule has 5 unspecified atom stereocenters. The van der Waals surface area contributed by atoms with Gasteiger partial charge in [-0.2, -0.15) is 0 Å². The zero-order valence-corrected chi connectivity index (χ0v) is 69.6. The van der Waals surface area contributed by atoms with Crippen LogP contribution in [-0.4, -0.2) is 96.7 Å². The molecular weight excluding hydrogens is 1430 g/mol. The predicted octanol–water partition coefficient (Wildman–Crippen LogP) is 24.7. The molecule has 0 saturated carbocycles. The summed E-state index contributed by atoms with van der Waals surface area (Å²) in [5.41, 5.74) is 0. The summed E-state index contributed by atoms with van der Waals surface area (Å²) < 4.78 is 68.6. The van der Waals surface area contributed by atoms with E-state index in [1.807, 2.05) is 12.2 Å². The lowest BCUT2D eigenvalue weighted by Gasteiger charge is -2.21. The smallest absolute Gasteiger partial charge is 0.462 e. The molecule has 0 aliphatic heterocycles. The Morgan fingerprint density at radius 3 is 0.727 bits per heavy atom. The van der Waals surface area contributed by atoms with Crippen LogP contribution in [-0.2, 0) is 65.4 Å². The number of hydrogen-bond acceptors (Lipinski definition) is 15. The molecular formula is C91H144O17P2. The molecule has 0 amide bonds. The quantitative estimate of drug-likeness (QED) is 0.0169. The number of phosphoric ester groups is 2. The number of rotatable bonds is 75. The van der Waals surface area contributed by atoms with Crippen molar-refractivity contribution in [3.05, 3.63) is 207 Å². The van der Waals surface area contributed by atoms with E-state index in [1.165, 1.54) is 0 Å². The maximum Gasteiger partial charge on any atom is 0.472 e. The summed E-state index contributed by atoms with van der Waals surface area (Å²) in [6.07, 6.45) is 101. The Labute approximate surface area is 665 Å². The Kier molecular flexibility index (Phi) is 76.0. The van der Waals surface area contributed by atoms with Gasteiger partial charge in [-0.05, 0) is 180 Å². The van der Waals surface area contributed by atoms with Gasteiger partial charge in [0.2, 0.25) is 0 Å². The number of phosphoric acid groups is 2. The molecule has 0 radical (unpaired) electrons. The van der Waals surface area contributed by atoms with Crippen LogP contribution in [0.2, 0.25) is 0 Å². The normalized spacial score (nSPS) is 14.9. The largest absolute Gasteiger partial charge is 0.472 e. The summed E-state index contributed by atoms with van der Waals surface area (Å²) in [7, 11) is -10.0. The van der Waals surface area contributed by atoms with E-state index in [0.717, 1.165) is 199 Å². The zero-order valence-electron chi connectivity index (χ0n) is 67.8. The summed E-state index contributed by atoms with van der Waals surface area (Å²) in [6, 6.07) is 0. The van der Waals surface area contributed by atoms with Crippen molar-refractivity contribution in [2.24, 2.45) is 0 Å². The van der Waals surface area contributed by atoms with E-state index in [2.05, 4.69) is 222 Å². The lowest BCUT2D eigenvalue weighted by Crippen LogP contribution is -2.30. The molecule has 110 heavy (non-hydrogen) atoms. The fourth-order valence-electron chi connectivity index (χ4n) is 10.1. The van der Waals surface area contributed by atoms with Crippen molar-refractivity contribution < 1.29 is 80.2 Å². The lowest BCUT2D eigenvalue weighted by atomic mass is 10.1. The minimum Gasteiger partial charge on any atom is -0.462 e. The van der Waals surface area contributed by atoms with Gasteiger partial charge in [-0.25, -0.2) is 9.13 Å². The summed E-state index contributed by atoms with van der Waals surface area (Å²) in [5.74, 6) is -2.34. The third kappa shape index (κ3) is 79.7. The molecule has 0 aromatic rings. The van der Waals surface area contributed by atoms with Crippen LogP contribution in [0.4, 0.5) is 0 Å². The van der Waals surface area contributed by atoms with Crippen LogP contribution in [0.3, 0.4) is 0 Å². The molecule has 620 valence electrons. The molecule has 0 aromatic carbocycles. The molecule has 5 atom stereocenters. The van der Waals surface area contributed by atoms with E-state index < -0.39 is 97.5 Å². The molecule has 19 heteroatoms. The molecule has 0 heterocycles. The molecule has 0 aromatic heterocycles. The van der Waals surface area contributed by atoms with Crippen LogP contribution in [0.5, 0.6) is 0 Å². The standard InChI is InChI=1S/C91H144O17P2/c1-5-9-13-17-21-25-29-33-37-41-42-46-48-52-56-60-64-68-72-76-89(94)102-82-87(108-91(96)78-74-70-66-62-58-54-50-45-40-36-32-28-24-20-16-12-8-4)84-106-110(99,100)104-80-85(92)79-103-109(97,98)105-83-86(107-90(95)77-73-69-65-61-57-53-49-44-39-35-31-27-23-19-15-11-7-3)81-101-88(93)75-71-67-63-59-55-51-47-43-38-34-30-26-22-18-14-10-6-2/h9-16,21-28,33-40,42,46-47,49,51-53,56,59,63,85-87,92H,5-8,17-20,29-32,41,43-45,48,50,54-55,57-58,60-62,64-84H2,1-4H3,(H,97,98)(H,99,100)/b13-9-,14-10-,15-11-,16-12-,25-21-,26-22-,27-23-,28-24-,37-33-,38-34-,39-35-,40-36-,46-42-,51-47-,53-49-,56-52-,63-59-. The second kappa shape index (κ2) is 80.7. The van der Waals surface area contributed by atoms with Crippen molar-refractivity contribution in [3.8, 4) is 0 Å². The molecule has 0 bridgehead atoms. The zero-order chi connectivity index (χ0) is 80.3. The highest BCUT2D eigenvalue weighted by molar-refractivity contribution is 7.47. The van der Waals surface area contributed by atoms with Crippen molar-refractivity contribution in [2.75, 3.05) is 39.6 Å². The first-order valence-electron chi connectivity index (χ1n) is 41.3. The molecule has 0 rings (SSSR count). The van der Waals surface area contributed by atoms with Crippen LogP contribution in [0, 0.1) is 0 Å². The number of hydrogen-bond donors (Lipinski definition) is 3. The Morgan fingerprint density at radius 2 is 0.455 bits per heavy atom. The Bertz CT molecular complexity index is 2900. The Hall–Kier alpha value is -6.36. The van der Waals surface area contributed by atoms with Crippen LogP contribution < -0.4 is 0 Å². The molecule has 17 nitrogen and oxygen atoms in total. The van der Waals surface area contributed by atoms with Gasteiger partial charge in [-0.3, -0.25) is 37.3 Å². The van der Waals surface area contributed by atoms with E-state index in [-0.39, 0.29) is 25.7 Å². The van der Waals surface area contributed by atoms with E-state index in [4.69, 9.17) is 37.0 Å². The highest BCUT2D eigenvalue weighted by Crippen LogP contribution is 2.45. The van der Waals surface area contributed by atoms with Crippen LogP contribution in [0.15, 0.2) is 207 Å². The van der Waals surface area contributed by atoms with Crippen molar-refractivity contribution in [1.29, 1.82) is 0 Å². The second-order valence-electron chi connectivity index (χ2n) is 26.5. The second-order valence-corrected chi connectivity index (χ2v) is 29.4. The number of aliphatic hydroxyl groups is 1. The molecule has 0 aliphatic carbocycles. The maximum absolute atomic E-state index is 13.1. The van der Waals surface area contributed by atoms with Crippen molar-refractivity contribution in [2.45, 2.75) is 303 Å². The number of esters is 4. The summed E-state index contributed by atoms with van der Waals surface area (Å²) in [6.45, 7) is 4.26. The first-order valence-corrected chi connectivity index (χ1v) is 44.3. The van der Waals surface area contributed by atoms with Gasteiger partial charge in [0.25, 0.3) is 0 Å². The predicted molar refractivity (Wildman–Crippen MR) is 454 cm³/mol. The fraction of sp³-hybridized carbons (Fsp3) is 0.582. The van der Waals surface area contributed by atoms with Crippen LogP contribution in [0.25, 0.3) is 0 Å². The van der Waals surface area contributed by atoms with E-state index in [0.29, 0.717) is 32.1 Å². The first kappa shape index (κ1) is 104. The van der Waals surface area contributed by atoms with Crippen LogP contribution >= 0.6 is 15.6 Å². The van der Waals surface area contributed by atoms with E-state index >= 15 is 0 Å². The third-order valence-corrected chi connectivity index (χ3v) is 18.1. The average Bonchev–Trinajstić information content (AvgIpc) is 0.906. The number of carbonyl (C=O) groups excluding carboxylic acids is 4. The lowest BCUT2D eigenvalue weighted by molar-refractivity contribution is -0.161. The third-order valence-electron chi connectivity index (χ3n) is 16.2. The molecule has 0 fully saturated rings. The molecule has 0 aliphatic rings. The Morgan fingerprint density at radius 1 is 0.255 bits per heavy atom. The average molecular weight is 1570 g/mol.